The summed E-state index contributed by atoms with van der Waals surface area (Å²) in [6, 6.07) is 3.74. The Morgan fingerprint density at radius 3 is 2.58 bits per heavy atom. The van der Waals surface area contributed by atoms with Crippen molar-refractivity contribution in [3.05, 3.63) is 35.4 Å². The van der Waals surface area contributed by atoms with E-state index in [1.165, 1.54) is 23.1 Å². The summed E-state index contributed by atoms with van der Waals surface area (Å²) in [5.74, 6) is -2.06. The second kappa shape index (κ2) is 5.65. The molecule has 0 aromatic heterocycles. The second-order valence-corrected chi connectivity index (χ2v) is 4.73. The molecule has 2 atom stereocenters. The summed E-state index contributed by atoms with van der Waals surface area (Å²) in [6.07, 6.45) is 0.471. The fourth-order valence-corrected chi connectivity index (χ4v) is 2.43. The summed E-state index contributed by atoms with van der Waals surface area (Å²) < 4.78 is 27.2. The number of amides is 1. The van der Waals surface area contributed by atoms with Gasteiger partial charge in [-0.15, -0.1) is 0 Å². The maximum atomic E-state index is 13.6. The predicted molar refractivity (Wildman–Crippen MR) is 66.5 cm³/mol. The molecule has 3 nitrogen and oxygen atoms in total. The number of carbonyl (C=O) groups is 1. The molecule has 104 valence electrons. The molecule has 2 rings (SSSR count). The van der Waals surface area contributed by atoms with Crippen molar-refractivity contribution >= 4 is 5.91 Å². The summed E-state index contributed by atoms with van der Waals surface area (Å²) in [7, 11) is 0. The Labute approximate surface area is 110 Å². The van der Waals surface area contributed by atoms with Crippen LogP contribution >= 0.6 is 0 Å². The van der Waals surface area contributed by atoms with Crippen LogP contribution in [0.5, 0.6) is 0 Å². The van der Waals surface area contributed by atoms with Crippen LogP contribution in [0.3, 0.4) is 0 Å². The Morgan fingerprint density at radius 1 is 1.42 bits per heavy atom. The monoisotopic (exact) mass is 269 g/mol. The van der Waals surface area contributed by atoms with E-state index in [4.69, 9.17) is 5.11 Å². The van der Waals surface area contributed by atoms with Gasteiger partial charge in [0.05, 0.1) is 6.61 Å². The molecule has 19 heavy (non-hydrogen) atoms. The first kappa shape index (κ1) is 13.9. The van der Waals surface area contributed by atoms with Gasteiger partial charge in [0, 0.05) is 30.5 Å². The fraction of sp³-hybridized carbons (Fsp3) is 0.500. The van der Waals surface area contributed by atoms with Gasteiger partial charge in [0.2, 0.25) is 5.91 Å². The van der Waals surface area contributed by atoms with Gasteiger partial charge in [0.15, 0.2) is 0 Å². The van der Waals surface area contributed by atoms with Crippen molar-refractivity contribution in [3.63, 3.8) is 0 Å². The van der Waals surface area contributed by atoms with E-state index in [2.05, 4.69) is 0 Å². The fourth-order valence-electron chi connectivity index (χ4n) is 2.43. The summed E-state index contributed by atoms with van der Waals surface area (Å²) in [5.41, 5.74) is 0.0147. The molecule has 0 heterocycles. The minimum absolute atomic E-state index is 0.0147. The molecule has 2 unspecified atom stereocenters. The highest BCUT2D eigenvalue weighted by molar-refractivity contribution is 5.83. The van der Waals surface area contributed by atoms with Crippen molar-refractivity contribution in [1.82, 2.24) is 4.90 Å². The maximum Gasteiger partial charge on any atom is 0.226 e. The highest BCUT2D eigenvalue weighted by atomic mass is 19.1. The molecule has 1 saturated carbocycles. The Balaban J connectivity index is 2.10. The van der Waals surface area contributed by atoms with Crippen molar-refractivity contribution in [2.45, 2.75) is 19.3 Å². The van der Waals surface area contributed by atoms with Crippen LogP contribution in [0.4, 0.5) is 8.78 Å². The summed E-state index contributed by atoms with van der Waals surface area (Å²) in [6.45, 7) is 2.46. The predicted octanol–water partition coefficient (Wildman–Crippen LogP) is 1.91. The van der Waals surface area contributed by atoms with Crippen LogP contribution in [-0.4, -0.2) is 35.6 Å². The molecule has 0 spiro atoms. The quantitative estimate of drug-likeness (QED) is 0.887. The van der Waals surface area contributed by atoms with Gasteiger partial charge < -0.3 is 10.0 Å². The number of aliphatic hydroxyl groups excluding tert-OH is 1. The molecular weight excluding hydrogens is 252 g/mol. The van der Waals surface area contributed by atoms with Crippen LogP contribution in [0.1, 0.15) is 24.8 Å². The van der Waals surface area contributed by atoms with Crippen molar-refractivity contribution in [3.8, 4) is 0 Å². The standard InChI is InChI=1S/C14H17F2NO2/c1-2-17(6-7-18)14(19)10-8-9(10)13-11(15)4-3-5-12(13)16/h3-5,9-10,18H,2,6-8H2,1H3. The molecule has 1 amide bonds. The van der Waals surface area contributed by atoms with E-state index in [9.17, 15) is 13.6 Å². The van der Waals surface area contributed by atoms with Crippen molar-refractivity contribution in [2.24, 2.45) is 5.92 Å². The van der Waals surface area contributed by atoms with Crippen molar-refractivity contribution < 1.29 is 18.7 Å². The van der Waals surface area contributed by atoms with E-state index < -0.39 is 11.6 Å². The smallest absolute Gasteiger partial charge is 0.226 e. The molecule has 1 aromatic rings. The zero-order chi connectivity index (χ0) is 14.0. The van der Waals surface area contributed by atoms with Crippen LogP contribution in [0.2, 0.25) is 0 Å². The van der Waals surface area contributed by atoms with E-state index in [-0.39, 0.29) is 36.5 Å². The number of hydrogen-bond acceptors (Lipinski definition) is 2. The highest BCUT2D eigenvalue weighted by Gasteiger charge is 2.47. The van der Waals surface area contributed by atoms with Crippen molar-refractivity contribution in [1.29, 1.82) is 0 Å². The number of hydrogen-bond donors (Lipinski definition) is 1. The van der Waals surface area contributed by atoms with E-state index in [0.29, 0.717) is 13.0 Å². The average Bonchev–Trinajstić information content (AvgIpc) is 3.15. The number of carbonyl (C=O) groups excluding carboxylic acids is 1. The first-order chi connectivity index (χ1) is 9.10. The van der Waals surface area contributed by atoms with Gasteiger partial charge in [0.25, 0.3) is 0 Å². The maximum absolute atomic E-state index is 13.6. The minimum Gasteiger partial charge on any atom is -0.395 e. The zero-order valence-corrected chi connectivity index (χ0v) is 10.8. The molecule has 1 fully saturated rings. The molecule has 1 aliphatic rings. The lowest BCUT2D eigenvalue weighted by atomic mass is 10.1. The lowest BCUT2D eigenvalue weighted by molar-refractivity contribution is -0.133. The summed E-state index contributed by atoms with van der Waals surface area (Å²) in [5, 5.41) is 8.88. The van der Waals surface area contributed by atoms with Gasteiger partial charge >= 0.3 is 0 Å². The van der Waals surface area contributed by atoms with Gasteiger partial charge in [-0.25, -0.2) is 8.78 Å². The van der Waals surface area contributed by atoms with Gasteiger partial charge in [0.1, 0.15) is 11.6 Å². The van der Waals surface area contributed by atoms with Crippen LogP contribution < -0.4 is 0 Å². The number of benzene rings is 1. The SMILES string of the molecule is CCN(CCO)C(=O)C1CC1c1c(F)cccc1F. The van der Waals surface area contributed by atoms with Crippen LogP contribution in [0.15, 0.2) is 18.2 Å². The second-order valence-electron chi connectivity index (χ2n) is 4.73. The Hall–Kier alpha value is -1.49. The van der Waals surface area contributed by atoms with Gasteiger partial charge in [-0.2, -0.15) is 0 Å². The third-order valence-corrected chi connectivity index (χ3v) is 3.54. The van der Waals surface area contributed by atoms with Crippen molar-refractivity contribution in [2.75, 3.05) is 19.7 Å². The van der Waals surface area contributed by atoms with Crippen LogP contribution in [0, 0.1) is 17.6 Å². The third-order valence-electron chi connectivity index (χ3n) is 3.54. The van der Waals surface area contributed by atoms with E-state index in [0.717, 1.165) is 0 Å². The van der Waals surface area contributed by atoms with Crippen LogP contribution in [0.25, 0.3) is 0 Å². The highest BCUT2D eigenvalue weighted by Crippen LogP contribution is 2.50. The number of rotatable bonds is 5. The normalized spacial score (nSPS) is 21.3. The zero-order valence-electron chi connectivity index (χ0n) is 10.8. The van der Waals surface area contributed by atoms with E-state index in [1.54, 1.807) is 0 Å². The Kier molecular flexibility index (Phi) is 4.14. The van der Waals surface area contributed by atoms with Crippen LogP contribution in [-0.2, 0) is 4.79 Å². The number of nitrogens with zero attached hydrogens (tertiary/aromatic N) is 1. The van der Waals surface area contributed by atoms with Gasteiger partial charge in [-0.1, -0.05) is 6.07 Å². The lowest BCUT2D eigenvalue weighted by Gasteiger charge is -2.19. The van der Waals surface area contributed by atoms with E-state index in [1.807, 2.05) is 6.92 Å². The molecule has 1 aromatic carbocycles. The molecule has 0 saturated heterocycles. The Morgan fingerprint density at radius 2 is 2.05 bits per heavy atom. The molecule has 0 radical (unpaired) electrons. The first-order valence-electron chi connectivity index (χ1n) is 6.43. The average molecular weight is 269 g/mol. The minimum atomic E-state index is -0.592. The number of likely N-dealkylation sites (N-methyl/N-ethyl adjacent to an activating group) is 1. The summed E-state index contributed by atoms with van der Waals surface area (Å²) in [4.78, 5) is 13.6. The third kappa shape index (κ3) is 2.76. The first-order valence-corrected chi connectivity index (χ1v) is 6.43. The summed E-state index contributed by atoms with van der Waals surface area (Å²) >= 11 is 0. The molecular formula is C14H17F2NO2. The van der Waals surface area contributed by atoms with Gasteiger partial charge in [-0.3, -0.25) is 4.79 Å². The lowest BCUT2D eigenvalue weighted by Crippen LogP contribution is -2.34. The van der Waals surface area contributed by atoms with E-state index >= 15 is 0 Å². The molecule has 0 bridgehead atoms. The molecule has 1 N–H and O–H groups in total. The van der Waals surface area contributed by atoms with Gasteiger partial charge in [-0.05, 0) is 25.5 Å². The Bertz CT molecular complexity index is 458. The molecule has 1 aliphatic carbocycles. The molecule has 0 aliphatic heterocycles. The molecule has 5 heteroatoms. The topological polar surface area (TPSA) is 40.5 Å². The number of halogens is 2. The largest absolute Gasteiger partial charge is 0.395 e. The number of aliphatic hydroxyl groups is 1.